The van der Waals surface area contributed by atoms with E-state index in [2.05, 4.69) is 10.1 Å². The van der Waals surface area contributed by atoms with Gasteiger partial charge in [-0.1, -0.05) is 0 Å². The zero-order valence-electron chi connectivity index (χ0n) is 8.01. The summed E-state index contributed by atoms with van der Waals surface area (Å²) in [5.41, 5.74) is 8.51. The molecule has 72 valence electrons. The molecule has 0 spiro atoms. The van der Waals surface area contributed by atoms with Gasteiger partial charge in [0.25, 0.3) is 0 Å². The van der Waals surface area contributed by atoms with Crippen LogP contribution in [0.3, 0.4) is 0 Å². The molecule has 4 nitrogen and oxygen atoms in total. The molecule has 2 heterocycles. The van der Waals surface area contributed by atoms with Gasteiger partial charge in [0.2, 0.25) is 0 Å². The fraction of sp³-hybridized carbons (Fsp3) is 0.200. The Kier molecular flexibility index (Phi) is 2.18. The van der Waals surface area contributed by atoms with E-state index in [0.717, 1.165) is 23.4 Å². The molecular formula is C10H12N4. The van der Waals surface area contributed by atoms with Gasteiger partial charge in [-0.05, 0) is 13.0 Å². The van der Waals surface area contributed by atoms with Crippen LogP contribution in [0.25, 0.3) is 11.1 Å². The summed E-state index contributed by atoms with van der Waals surface area (Å²) in [5, 5.41) is 4.19. The number of aromatic nitrogens is 3. The quantitative estimate of drug-likeness (QED) is 0.777. The SMILES string of the molecule is CCn1cc(-c2cnccc2N)cn1. The first-order valence-electron chi connectivity index (χ1n) is 4.53. The zero-order valence-corrected chi connectivity index (χ0v) is 8.01. The number of nitrogen functional groups attached to an aromatic ring is 1. The highest BCUT2D eigenvalue weighted by Crippen LogP contribution is 2.23. The lowest BCUT2D eigenvalue weighted by Gasteiger charge is -2.00. The fourth-order valence-corrected chi connectivity index (χ4v) is 1.32. The van der Waals surface area contributed by atoms with Gasteiger partial charge in [-0.25, -0.2) is 0 Å². The molecule has 2 N–H and O–H groups in total. The van der Waals surface area contributed by atoms with Crippen LogP contribution in [0.1, 0.15) is 6.92 Å². The Balaban J connectivity index is 2.44. The first-order chi connectivity index (χ1) is 6.81. The maximum Gasteiger partial charge on any atom is 0.0569 e. The Labute approximate surface area is 82.4 Å². The van der Waals surface area contributed by atoms with Crippen molar-refractivity contribution in [2.75, 3.05) is 5.73 Å². The summed E-state index contributed by atoms with van der Waals surface area (Å²) in [5.74, 6) is 0. The second-order valence-corrected chi connectivity index (χ2v) is 3.05. The largest absolute Gasteiger partial charge is 0.398 e. The predicted octanol–water partition coefficient (Wildman–Crippen LogP) is 1.55. The Morgan fingerprint density at radius 2 is 2.29 bits per heavy atom. The third-order valence-corrected chi connectivity index (χ3v) is 2.12. The van der Waals surface area contributed by atoms with Crippen LogP contribution in [0.5, 0.6) is 0 Å². The first-order valence-corrected chi connectivity index (χ1v) is 4.53. The van der Waals surface area contributed by atoms with Gasteiger partial charge in [-0.2, -0.15) is 5.10 Å². The van der Waals surface area contributed by atoms with Gasteiger partial charge in [0.15, 0.2) is 0 Å². The van der Waals surface area contributed by atoms with Crippen LogP contribution in [0, 0.1) is 0 Å². The monoisotopic (exact) mass is 188 g/mol. The number of pyridine rings is 1. The van der Waals surface area contributed by atoms with Crippen LogP contribution in [0.4, 0.5) is 5.69 Å². The summed E-state index contributed by atoms with van der Waals surface area (Å²) in [6.45, 7) is 2.91. The molecule has 0 aromatic carbocycles. The highest BCUT2D eigenvalue weighted by Gasteiger charge is 2.04. The number of hydrogen-bond donors (Lipinski definition) is 1. The normalized spacial score (nSPS) is 10.4. The molecule has 0 bridgehead atoms. The van der Waals surface area contributed by atoms with Crippen molar-refractivity contribution in [2.45, 2.75) is 13.5 Å². The number of nitrogens with zero attached hydrogens (tertiary/aromatic N) is 3. The Morgan fingerprint density at radius 3 is 2.93 bits per heavy atom. The minimum atomic E-state index is 0.732. The molecule has 0 fully saturated rings. The molecule has 2 aromatic rings. The number of hydrogen-bond acceptors (Lipinski definition) is 3. The number of aryl methyl sites for hydroxylation is 1. The maximum absolute atomic E-state index is 5.83. The number of anilines is 1. The van der Waals surface area contributed by atoms with Crippen molar-refractivity contribution in [3.8, 4) is 11.1 Å². The summed E-state index contributed by atoms with van der Waals surface area (Å²) < 4.78 is 1.86. The van der Waals surface area contributed by atoms with Gasteiger partial charge >= 0.3 is 0 Å². The standard InChI is InChI=1S/C10H12N4/c1-2-14-7-8(5-13-14)9-6-12-4-3-10(9)11/h3-7H,2H2,1H3,(H2,11,12). The van der Waals surface area contributed by atoms with Gasteiger partial charge in [-0.3, -0.25) is 9.67 Å². The Hall–Kier alpha value is -1.84. The molecule has 0 atom stereocenters. The lowest BCUT2D eigenvalue weighted by molar-refractivity contribution is 0.660. The van der Waals surface area contributed by atoms with E-state index in [1.807, 2.05) is 17.8 Å². The van der Waals surface area contributed by atoms with E-state index in [0.29, 0.717) is 0 Å². The summed E-state index contributed by atoms with van der Waals surface area (Å²) in [7, 11) is 0. The summed E-state index contributed by atoms with van der Waals surface area (Å²) in [6.07, 6.45) is 7.21. The molecule has 4 heteroatoms. The number of rotatable bonds is 2. The van der Waals surface area contributed by atoms with E-state index in [4.69, 9.17) is 5.73 Å². The molecule has 0 unspecified atom stereocenters. The molecule has 0 radical (unpaired) electrons. The van der Waals surface area contributed by atoms with Crippen molar-refractivity contribution in [2.24, 2.45) is 0 Å². The van der Waals surface area contributed by atoms with E-state index >= 15 is 0 Å². The lowest BCUT2D eigenvalue weighted by Crippen LogP contribution is -1.92. The van der Waals surface area contributed by atoms with Crippen molar-refractivity contribution in [1.29, 1.82) is 0 Å². The summed E-state index contributed by atoms with van der Waals surface area (Å²) >= 11 is 0. The second kappa shape index (κ2) is 3.49. The van der Waals surface area contributed by atoms with Crippen molar-refractivity contribution in [1.82, 2.24) is 14.8 Å². The van der Waals surface area contributed by atoms with E-state index in [1.54, 1.807) is 24.7 Å². The molecule has 0 saturated carbocycles. The summed E-state index contributed by atoms with van der Waals surface area (Å²) in [6, 6.07) is 1.79. The van der Waals surface area contributed by atoms with Crippen molar-refractivity contribution in [3.05, 3.63) is 30.9 Å². The third-order valence-electron chi connectivity index (χ3n) is 2.12. The second-order valence-electron chi connectivity index (χ2n) is 3.05. The minimum Gasteiger partial charge on any atom is -0.398 e. The van der Waals surface area contributed by atoms with Crippen LogP contribution in [-0.4, -0.2) is 14.8 Å². The molecule has 2 rings (SSSR count). The van der Waals surface area contributed by atoms with Crippen LogP contribution in [0.15, 0.2) is 30.9 Å². The molecular weight excluding hydrogens is 176 g/mol. The fourth-order valence-electron chi connectivity index (χ4n) is 1.32. The lowest BCUT2D eigenvalue weighted by atomic mass is 10.1. The van der Waals surface area contributed by atoms with Gasteiger partial charge in [0.1, 0.15) is 0 Å². The zero-order chi connectivity index (χ0) is 9.97. The highest BCUT2D eigenvalue weighted by molar-refractivity contribution is 5.74. The average molecular weight is 188 g/mol. The van der Waals surface area contributed by atoms with Crippen LogP contribution in [-0.2, 0) is 6.54 Å². The predicted molar refractivity (Wildman–Crippen MR) is 55.5 cm³/mol. The molecule has 0 amide bonds. The van der Waals surface area contributed by atoms with E-state index < -0.39 is 0 Å². The van der Waals surface area contributed by atoms with E-state index in [1.165, 1.54) is 0 Å². The molecule has 2 aromatic heterocycles. The van der Waals surface area contributed by atoms with Crippen LogP contribution in [0.2, 0.25) is 0 Å². The van der Waals surface area contributed by atoms with Crippen molar-refractivity contribution in [3.63, 3.8) is 0 Å². The number of nitrogens with two attached hydrogens (primary N) is 1. The van der Waals surface area contributed by atoms with Crippen LogP contribution >= 0.6 is 0 Å². The third kappa shape index (κ3) is 1.46. The molecule has 14 heavy (non-hydrogen) atoms. The van der Waals surface area contributed by atoms with Crippen LogP contribution < -0.4 is 5.73 Å². The highest BCUT2D eigenvalue weighted by atomic mass is 15.3. The van der Waals surface area contributed by atoms with Crippen molar-refractivity contribution >= 4 is 5.69 Å². The smallest absolute Gasteiger partial charge is 0.0569 e. The Morgan fingerprint density at radius 1 is 1.43 bits per heavy atom. The maximum atomic E-state index is 5.83. The van der Waals surface area contributed by atoms with Crippen molar-refractivity contribution < 1.29 is 0 Å². The van der Waals surface area contributed by atoms with Gasteiger partial charge in [0, 0.05) is 41.9 Å². The molecule has 0 aliphatic rings. The topological polar surface area (TPSA) is 56.7 Å². The van der Waals surface area contributed by atoms with Gasteiger partial charge in [-0.15, -0.1) is 0 Å². The average Bonchev–Trinajstić information content (AvgIpc) is 2.67. The van der Waals surface area contributed by atoms with E-state index in [9.17, 15) is 0 Å². The first kappa shape index (κ1) is 8.74. The minimum absolute atomic E-state index is 0.732. The Bertz CT molecular complexity index is 433. The van der Waals surface area contributed by atoms with Gasteiger partial charge in [0.05, 0.1) is 6.20 Å². The molecule has 0 saturated heterocycles. The van der Waals surface area contributed by atoms with E-state index in [-0.39, 0.29) is 0 Å². The van der Waals surface area contributed by atoms with Gasteiger partial charge < -0.3 is 5.73 Å². The summed E-state index contributed by atoms with van der Waals surface area (Å²) in [4.78, 5) is 4.04. The molecule has 0 aliphatic carbocycles. The molecule has 0 aliphatic heterocycles.